The Labute approximate surface area is 282 Å². The van der Waals surface area contributed by atoms with E-state index < -0.39 is 17.6 Å². The Morgan fingerprint density at radius 1 is 1.02 bits per heavy atom. The topological polar surface area (TPSA) is 110 Å². The normalized spacial score (nSPS) is 16.7. The highest BCUT2D eigenvalue weighted by Gasteiger charge is 2.36. The minimum Gasteiger partial charge on any atom is -0.323 e. The first-order valence-electron chi connectivity index (χ1n) is 15.9. The molecule has 6 rings (SSSR count). The molecule has 11 nitrogen and oxygen atoms in total. The van der Waals surface area contributed by atoms with Gasteiger partial charge in [0.15, 0.2) is 0 Å². The second-order valence-electron chi connectivity index (χ2n) is 12.7. The van der Waals surface area contributed by atoms with E-state index in [0.717, 1.165) is 23.7 Å². The molecule has 256 valence electrons. The molecular formula is C35H38F3N9O2. The number of hydrogen-bond acceptors (Lipinski definition) is 8. The Balaban J connectivity index is 1.19. The summed E-state index contributed by atoms with van der Waals surface area (Å²) in [7, 11) is 5.55. The van der Waals surface area contributed by atoms with Crippen LogP contribution in [0.3, 0.4) is 0 Å². The lowest BCUT2D eigenvalue weighted by Crippen LogP contribution is -2.46. The van der Waals surface area contributed by atoms with Crippen LogP contribution in [0.1, 0.15) is 44.7 Å². The number of carbonyl (C=O) groups is 2. The maximum absolute atomic E-state index is 14.2. The van der Waals surface area contributed by atoms with E-state index in [0.29, 0.717) is 53.5 Å². The van der Waals surface area contributed by atoms with Crippen molar-refractivity contribution >= 4 is 40.8 Å². The maximum Gasteiger partial charge on any atom is 0.416 e. The fourth-order valence-electron chi connectivity index (χ4n) is 6.15. The Morgan fingerprint density at radius 3 is 2.49 bits per heavy atom. The standard InChI is InChI=1S/C35H38F3N9O2/c1-21-6-10-26(41-32(48)23-8-9-24(29(14-23)35(36,37)38)18-46-13-12-28(20-46)44(3)4)15-30(21)47-19-25-16-40-33(43-31(25)45(5)34(47)49)42-27-11-7-22(2)39-17-27/h6-11,14-17,28H,12-13,18-20H2,1-5H3,(H,41,48)(H,40,42,43). The monoisotopic (exact) mass is 673 g/mol. The van der Waals surface area contributed by atoms with Gasteiger partial charge in [0.25, 0.3) is 5.91 Å². The first kappa shape index (κ1) is 33.8. The number of pyridine rings is 1. The van der Waals surface area contributed by atoms with Gasteiger partial charge in [-0.15, -0.1) is 0 Å². The molecule has 2 N–H and O–H groups in total. The average molecular weight is 674 g/mol. The van der Waals surface area contributed by atoms with E-state index in [1.807, 2.05) is 45.0 Å². The van der Waals surface area contributed by atoms with Gasteiger partial charge in [-0.25, -0.2) is 9.78 Å². The molecular weight excluding hydrogens is 635 g/mol. The smallest absolute Gasteiger partial charge is 0.323 e. The number of urea groups is 1. The number of alkyl halides is 3. The van der Waals surface area contributed by atoms with Gasteiger partial charge in [0, 0.05) is 61.4 Å². The molecule has 0 spiro atoms. The van der Waals surface area contributed by atoms with Crippen molar-refractivity contribution in [3.63, 3.8) is 0 Å². The quantitative estimate of drug-likeness (QED) is 0.227. The number of likely N-dealkylation sites (N-methyl/N-ethyl adjacent to an activating group) is 1. The molecule has 2 aromatic carbocycles. The lowest BCUT2D eigenvalue weighted by Gasteiger charge is -2.35. The number of anilines is 5. The Morgan fingerprint density at radius 2 is 1.80 bits per heavy atom. The largest absolute Gasteiger partial charge is 0.416 e. The molecule has 2 aliphatic rings. The van der Waals surface area contributed by atoms with Crippen molar-refractivity contribution in [1.29, 1.82) is 0 Å². The first-order valence-corrected chi connectivity index (χ1v) is 15.9. The summed E-state index contributed by atoms with van der Waals surface area (Å²) in [6.45, 7) is 5.43. The molecule has 2 aliphatic heterocycles. The molecule has 14 heteroatoms. The minimum absolute atomic E-state index is 0.114. The maximum atomic E-state index is 14.2. The molecule has 1 fully saturated rings. The number of fused-ring (bicyclic) bond motifs is 1. The summed E-state index contributed by atoms with van der Waals surface area (Å²) in [4.78, 5) is 47.2. The summed E-state index contributed by atoms with van der Waals surface area (Å²) in [6, 6.07) is 12.4. The third kappa shape index (κ3) is 7.34. The number of likely N-dealkylation sites (tertiary alicyclic amines) is 1. The second kappa shape index (κ2) is 13.4. The Hall–Kier alpha value is -5.08. The van der Waals surface area contributed by atoms with Crippen LogP contribution in [-0.2, 0) is 19.3 Å². The zero-order valence-electron chi connectivity index (χ0n) is 28.0. The van der Waals surface area contributed by atoms with Crippen LogP contribution in [0.25, 0.3) is 0 Å². The summed E-state index contributed by atoms with van der Waals surface area (Å²) in [5, 5.41) is 5.82. The SMILES string of the molecule is Cc1ccc(Nc2ncc3c(n2)N(C)C(=O)N(c2cc(NC(=O)c4ccc(CN5CCC(N(C)C)C5)c(C(F)(F)F)c4)ccc2C)C3)cn1. The number of amides is 3. The van der Waals surface area contributed by atoms with Crippen LogP contribution >= 0.6 is 0 Å². The zero-order chi connectivity index (χ0) is 35.0. The number of carbonyl (C=O) groups excluding carboxylic acids is 2. The molecule has 4 heterocycles. The van der Waals surface area contributed by atoms with Gasteiger partial charge in [-0.05, 0) is 81.9 Å². The predicted octanol–water partition coefficient (Wildman–Crippen LogP) is 6.22. The molecule has 49 heavy (non-hydrogen) atoms. The van der Waals surface area contributed by atoms with E-state index in [9.17, 15) is 22.8 Å². The molecule has 0 saturated carbocycles. The summed E-state index contributed by atoms with van der Waals surface area (Å²) >= 11 is 0. The van der Waals surface area contributed by atoms with Crippen LogP contribution in [0.4, 0.5) is 46.8 Å². The molecule has 1 unspecified atom stereocenters. The molecule has 1 saturated heterocycles. The number of aromatic nitrogens is 3. The van der Waals surface area contributed by atoms with E-state index in [2.05, 4.69) is 30.5 Å². The van der Waals surface area contributed by atoms with Gasteiger partial charge in [-0.3, -0.25) is 24.5 Å². The number of nitrogens with one attached hydrogen (secondary N) is 2. The van der Waals surface area contributed by atoms with E-state index in [4.69, 9.17) is 0 Å². The van der Waals surface area contributed by atoms with Crippen molar-refractivity contribution in [2.24, 2.45) is 0 Å². The number of rotatable bonds is 8. The predicted molar refractivity (Wildman–Crippen MR) is 182 cm³/mol. The van der Waals surface area contributed by atoms with E-state index in [1.165, 1.54) is 17.0 Å². The van der Waals surface area contributed by atoms with Gasteiger partial charge in [0.2, 0.25) is 5.95 Å². The third-order valence-electron chi connectivity index (χ3n) is 8.98. The Kier molecular flexibility index (Phi) is 9.27. The number of aryl methyl sites for hydroxylation is 2. The zero-order valence-corrected chi connectivity index (χ0v) is 28.0. The summed E-state index contributed by atoms with van der Waals surface area (Å²) < 4.78 is 42.6. The van der Waals surface area contributed by atoms with Crippen LogP contribution in [0.15, 0.2) is 60.9 Å². The second-order valence-corrected chi connectivity index (χ2v) is 12.7. The van der Waals surface area contributed by atoms with E-state index in [1.54, 1.807) is 42.5 Å². The summed E-state index contributed by atoms with van der Waals surface area (Å²) in [6.07, 6.45) is -0.421. The minimum atomic E-state index is -4.63. The summed E-state index contributed by atoms with van der Waals surface area (Å²) in [5.41, 5.74) is 3.10. The highest BCUT2D eigenvalue weighted by molar-refractivity contribution is 6.07. The van der Waals surface area contributed by atoms with Gasteiger partial charge >= 0.3 is 12.2 Å². The third-order valence-corrected chi connectivity index (χ3v) is 8.98. The van der Waals surface area contributed by atoms with Crippen molar-refractivity contribution in [2.75, 3.05) is 54.7 Å². The van der Waals surface area contributed by atoms with Gasteiger partial charge < -0.3 is 15.5 Å². The number of nitrogens with zero attached hydrogens (tertiary/aromatic N) is 7. The highest BCUT2D eigenvalue weighted by atomic mass is 19.4. The van der Waals surface area contributed by atoms with Crippen molar-refractivity contribution in [2.45, 2.75) is 45.6 Å². The first-order chi connectivity index (χ1) is 23.3. The lowest BCUT2D eigenvalue weighted by atomic mass is 10.0. The van der Waals surface area contributed by atoms with Crippen molar-refractivity contribution in [3.05, 3.63) is 94.4 Å². The van der Waals surface area contributed by atoms with E-state index in [-0.39, 0.29) is 30.2 Å². The molecule has 2 aromatic heterocycles. The molecule has 1 atom stereocenters. The van der Waals surface area contributed by atoms with E-state index >= 15 is 0 Å². The van der Waals surface area contributed by atoms with Gasteiger partial charge in [-0.1, -0.05) is 12.1 Å². The number of hydrogen-bond donors (Lipinski definition) is 2. The van der Waals surface area contributed by atoms with Crippen LogP contribution < -0.4 is 20.4 Å². The lowest BCUT2D eigenvalue weighted by molar-refractivity contribution is -0.138. The van der Waals surface area contributed by atoms with Crippen molar-refractivity contribution in [1.82, 2.24) is 24.8 Å². The molecule has 0 aliphatic carbocycles. The number of benzene rings is 2. The molecule has 0 bridgehead atoms. The summed E-state index contributed by atoms with van der Waals surface area (Å²) in [5.74, 6) is 0.0755. The average Bonchev–Trinajstić information content (AvgIpc) is 3.54. The molecule has 4 aromatic rings. The van der Waals surface area contributed by atoms with Gasteiger partial charge in [-0.2, -0.15) is 18.2 Å². The highest BCUT2D eigenvalue weighted by Crippen LogP contribution is 2.36. The molecule has 3 amide bonds. The fraction of sp³-hybridized carbons (Fsp3) is 0.343. The van der Waals surface area contributed by atoms with Crippen molar-refractivity contribution in [3.8, 4) is 0 Å². The van der Waals surface area contributed by atoms with Crippen LogP contribution in [-0.4, -0.2) is 77.0 Å². The fourth-order valence-corrected chi connectivity index (χ4v) is 6.15. The van der Waals surface area contributed by atoms with Crippen LogP contribution in [0, 0.1) is 13.8 Å². The van der Waals surface area contributed by atoms with Crippen LogP contribution in [0.5, 0.6) is 0 Å². The Bertz CT molecular complexity index is 1880. The number of halogens is 3. The van der Waals surface area contributed by atoms with Gasteiger partial charge in [0.05, 0.1) is 29.7 Å². The molecule has 0 radical (unpaired) electrons. The van der Waals surface area contributed by atoms with Crippen LogP contribution in [0.2, 0.25) is 0 Å². The van der Waals surface area contributed by atoms with Crippen molar-refractivity contribution < 1.29 is 22.8 Å². The van der Waals surface area contributed by atoms with Gasteiger partial charge in [0.1, 0.15) is 5.82 Å².